The number of esters is 1. The number of amides is 1. The Hall–Kier alpha value is -2.48. The Kier molecular flexibility index (Phi) is 6.97. The number of carbonyl (C=O) groups excluding carboxylic acids is 2. The van der Waals surface area contributed by atoms with Gasteiger partial charge in [0.15, 0.2) is 6.61 Å². The van der Waals surface area contributed by atoms with E-state index in [2.05, 4.69) is 10.3 Å². The zero-order valence-electron chi connectivity index (χ0n) is 15.2. The summed E-state index contributed by atoms with van der Waals surface area (Å²) in [6.07, 6.45) is 0. The standard InChI is InChI=1S/C20H19ClN2O4S/c1-13(14-5-4-6-15(21)9-14)22-18(24)10-27-20(25)12-26-11-19-23-16-7-2-3-8-17(16)28-19/h2-9,13H,10-12H2,1H3,(H,22,24)/t13-/m1/s1. The molecule has 1 N–H and O–H groups in total. The number of para-hydroxylation sites is 1. The topological polar surface area (TPSA) is 77.5 Å². The van der Waals surface area contributed by atoms with E-state index in [0.717, 1.165) is 20.8 Å². The Morgan fingerprint density at radius 3 is 2.79 bits per heavy atom. The second-order valence-electron chi connectivity index (χ2n) is 6.07. The smallest absolute Gasteiger partial charge is 0.332 e. The van der Waals surface area contributed by atoms with Gasteiger partial charge in [0.1, 0.15) is 11.6 Å². The van der Waals surface area contributed by atoms with Crippen LogP contribution < -0.4 is 5.32 Å². The number of hydrogen-bond donors (Lipinski definition) is 1. The van der Waals surface area contributed by atoms with E-state index < -0.39 is 11.9 Å². The summed E-state index contributed by atoms with van der Waals surface area (Å²) in [5.74, 6) is -1.00. The van der Waals surface area contributed by atoms with Crippen molar-refractivity contribution in [1.82, 2.24) is 10.3 Å². The third-order valence-corrected chi connectivity index (χ3v) is 5.12. The lowest BCUT2D eigenvalue weighted by atomic mass is 10.1. The number of ether oxygens (including phenoxy) is 2. The van der Waals surface area contributed by atoms with Gasteiger partial charge in [0, 0.05) is 5.02 Å². The highest BCUT2D eigenvalue weighted by molar-refractivity contribution is 7.18. The lowest BCUT2D eigenvalue weighted by Crippen LogP contribution is -2.31. The predicted molar refractivity (Wildman–Crippen MR) is 108 cm³/mol. The van der Waals surface area contributed by atoms with Gasteiger partial charge in [-0.3, -0.25) is 4.79 Å². The molecule has 0 aliphatic heterocycles. The van der Waals surface area contributed by atoms with Crippen LogP contribution in [-0.4, -0.2) is 30.1 Å². The second kappa shape index (κ2) is 9.64. The SMILES string of the molecule is C[C@@H](NC(=O)COC(=O)COCc1nc2ccccc2s1)c1cccc(Cl)c1. The first kappa shape index (κ1) is 20.3. The zero-order valence-corrected chi connectivity index (χ0v) is 16.8. The fourth-order valence-electron chi connectivity index (χ4n) is 2.53. The first-order chi connectivity index (χ1) is 13.5. The van der Waals surface area contributed by atoms with E-state index >= 15 is 0 Å². The highest BCUT2D eigenvalue weighted by Gasteiger charge is 2.13. The molecule has 0 fully saturated rings. The number of thiazole rings is 1. The first-order valence-electron chi connectivity index (χ1n) is 8.64. The van der Waals surface area contributed by atoms with Gasteiger partial charge in [-0.2, -0.15) is 0 Å². The molecule has 0 saturated carbocycles. The maximum atomic E-state index is 11.9. The van der Waals surface area contributed by atoms with Crippen LogP contribution in [-0.2, 0) is 25.7 Å². The van der Waals surface area contributed by atoms with Gasteiger partial charge in [0.25, 0.3) is 5.91 Å². The van der Waals surface area contributed by atoms with Crippen LogP contribution in [0.15, 0.2) is 48.5 Å². The van der Waals surface area contributed by atoms with Crippen LogP contribution in [0.4, 0.5) is 0 Å². The van der Waals surface area contributed by atoms with Crippen molar-refractivity contribution < 1.29 is 19.1 Å². The van der Waals surface area contributed by atoms with E-state index in [1.807, 2.05) is 43.3 Å². The van der Waals surface area contributed by atoms with Crippen molar-refractivity contribution in [2.45, 2.75) is 19.6 Å². The number of benzene rings is 2. The summed E-state index contributed by atoms with van der Waals surface area (Å²) in [6, 6.07) is 14.7. The minimum Gasteiger partial charge on any atom is -0.454 e. The van der Waals surface area contributed by atoms with Gasteiger partial charge in [-0.25, -0.2) is 9.78 Å². The van der Waals surface area contributed by atoms with E-state index in [1.165, 1.54) is 11.3 Å². The van der Waals surface area contributed by atoms with Crippen molar-refractivity contribution in [3.05, 3.63) is 64.1 Å². The fraction of sp³-hybridized carbons (Fsp3) is 0.250. The van der Waals surface area contributed by atoms with Gasteiger partial charge in [0.2, 0.25) is 0 Å². The Morgan fingerprint density at radius 1 is 1.18 bits per heavy atom. The van der Waals surface area contributed by atoms with Crippen molar-refractivity contribution in [2.75, 3.05) is 13.2 Å². The molecule has 0 radical (unpaired) electrons. The molecule has 0 aliphatic rings. The number of fused-ring (bicyclic) bond motifs is 1. The van der Waals surface area contributed by atoms with Gasteiger partial charge in [-0.05, 0) is 36.8 Å². The van der Waals surface area contributed by atoms with Crippen LogP contribution >= 0.6 is 22.9 Å². The monoisotopic (exact) mass is 418 g/mol. The maximum Gasteiger partial charge on any atom is 0.332 e. The van der Waals surface area contributed by atoms with Crippen LogP contribution in [0.1, 0.15) is 23.5 Å². The highest BCUT2D eigenvalue weighted by Crippen LogP contribution is 2.22. The zero-order chi connectivity index (χ0) is 19.9. The third-order valence-electron chi connectivity index (χ3n) is 3.87. The number of rotatable bonds is 8. The number of halogens is 1. The molecule has 0 spiro atoms. The molecule has 146 valence electrons. The average molecular weight is 419 g/mol. The van der Waals surface area contributed by atoms with E-state index in [-0.39, 0.29) is 25.9 Å². The minimum atomic E-state index is -0.605. The Balaban J connectivity index is 1.37. The van der Waals surface area contributed by atoms with Crippen molar-refractivity contribution in [3.8, 4) is 0 Å². The Bertz CT molecular complexity index is 943. The van der Waals surface area contributed by atoms with Crippen LogP contribution in [0.5, 0.6) is 0 Å². The Labute approximate surface area is 171 Å². The normalized spacial score (nSPS) is 11.9. The molecule has 1 aromatic heterocycles. The molecule has 0 aliphatic carbocycles. The molecule has 0 bridgehead atoms. The predicted octanol–water partition coefficient (Wildman–Crippen LogP) is 3.89. The van der Waals surface area contributed by atoms with E-state index in [1.54, 1.807) is 12.1 Å². The van der Waals surface area contributed by atoms with Crippen LogP contribution in [0.2, 0.25) is 5.02 Å². The van der Waals surface area contributed by atoms with E-state index in [9.17, 15) is 9.59 Å². The molecule has 1 amide bonds. The summed E-state index contributed by atoms with van der Waals surface area (Å²) in [7, 11) is 0. The van der Waals surface area contributed by atoms with Crippen molar-refractivity contribution in [1.29, 1.82) is 0 Å². The molecular formula is C20H19ClN2O4S. The number of carbonyl (C=O) groups is 2. The molecule has 28 heavy (non-hydrogen) atoms. The van der Waals surface area contributed by atoms with Crippen LogP contribution in [0.3, 0.4) is 0 Å². The fourth-order valence-corrected chi connectivity index (χ4v) is 3.64. The highest BCUT2D eigenvalue weighted by atomic mass is 35.5. The molecule has 2 aromatic carbocycles. The molecule has 0 saturated heterocycles. The lowest BCUT2D eigenvalue weighted by molar-refractivity contribution is -0.153. The van der Waals surface area contributed by atoms with Gasteiger partial charge in [-0.1, -0.05) is 35.9 Å². The molecule has 1 heterocycles. The van der Waals surface area contributed by atoms with Gasteiger partial charge < -0.3 is 14.8 Å². The van der Waals surface area contributed by atoms with E-state index in [0.29, 0.717) is 5.02 Å². The summed E-state index contributed by atoms with van der Waals surface area (Å²) in [4.78, 5) is 28.1. The average Bonchev–Trinajstić information content (AvgIpc) is 3.09. The minimum absolute atomic E-state index is 0.215. The third kappa shape index (κ3) is 5.76. The number of aromatic nitrogens is 1. The number of hydrogen-bond acceptors (Lipinski definition) is 6. The molecule has 8 heteroatoms. The molecule has 1 atom stereocenters. The van der Waals surface area contributed by atoms with E-state index in [4.69, 9.17) is 21.1 Å². The molecular weight excluding hydrogens is 400 g/mol. The summed E-state index contributed by atoms with van der Waals surface area (Å²) < 4.78 is 11.3. The van der Waals surface area contributed by atoms with Crippen LogP contribution in [0, 0.1) is 0 Å². The second-order valence-corrected chi connectivity index (χ2v) is 7.62. The van der Waals surface area contributed by atoms with Crippen molar-refractivity contribution >= 4 is 45.0 Å². The quantitative estimate of drug-likeness (QED) is 0.561. The largest absolute Gasteiger partial charge is 0.454 e. The summed E-state index contributed by atoms with van der Waals surface area (Å²) in [5.41, 5.74) is 1.77. The Morgan fingerprint density at radius 2 is 2.00 bits per heavy atom. The number of nitrogens with zero attached hydrogens (tertiary/aromatic N) is 1. The molecule has 3 aromatic rings. The summed E-state index contributed by atoms with van der Waals surface area (Å²) >= 11 is 7.46. The summed E-state index contributed by atoms with van der Waals surface area (Å²) in [5, 5.41) is 4.12. The van der Waals surface area contributed by atoms with Gasteiger partial charge in [0.05, 0.1) is 22.9 Å². The molecule has 0 unspecified atom stereocenters. The number of nitrogens with one attached hydrogen (secondary N) is 1. The van der Waals surface area contributed by atoms with Crippen molar-refractivity contribution in [2.24, 2.45) is 0 Å². The first-order valence-corrected chi connectivity index (χ1v) is 9.83. The summed E-state index contributed by atoms with van der Waals surface area (Å²) in [6.45, 7) is 1.43. The van der Waals surface area contributed by atoms with Crippen molar-refractivity contribution in [3.63, 3.8) is 0 Å². The van der Waals surface area contributed by atoms with Gasteiger partial charge >= 0.3 is 5.97 Å². The molecule has 3 rings (SSSR count). The van der Waals surface area contributed by atoms with Gasteiger partial charge in [-0.15, -0.1) is 11.3 Å². The molecule has 6 nitrogen and oxygen atoms in total. The lowest BCUT2D eigenvalue weighted by Gasteiger charge is -2.14. The van der Waals surface area contributed by atoms with Crippen LogP contribution in [0.25, 0.3) is 10.2 Å². The maximum absolute atomic E-state index is 11.9.